The van der Waals surface area contributed by atoms with Crippen LogP contribution in [0.25, 0.3) is 0 Å². The zero-order valence-corrected chi connectivity index (χ0v) is 6.04. The van der Waals surface area contributed by atoms with Gasteiger partial charge < -0.3 is 0 Å². The average Bonchev–Trinajstić information content (AvgIpc) is 2.51. The monoisotopic (exact) mass is 132 g/mol. The van der Waals surface area contributed by atoms with Crippen LogP contribution in [0.5, 0.6) is 0 Å². The predicted molar refractivity (Wildman–Crippen MR) is 36.6 cm³/mol. The highest BCUT2D eigenvalue weighted by Gasteiger charge is 2.23. The summed E-state index contributed by atoms with van der Waals surface area (Å²) in [7, 11) is 0. The van der Waals surface area contributed by atoms with Gasteiger partial charge in [0.2, 0.25) is 0 Å². The van der Waals surface area contributed by atoms with Gasteiger partial charge >= 0.3 is 0 Å². The number of rotatable bonds is 4. The molecule has 1 atom stereocenters. The van der Waals surface area contributed by atoms with E-state index in [1.807, 2.05) is 0 Å². The van der Waals surface area contributed by atoms with E-state index in [0.717, 1.165) is 0 Å². The molecule has 1 fully saturated rings. The van der Waals surface area contributed by atoms with Gasteiger partial charge in [-0.05, 0) is 12.8 Å². The molecule has 0 amide bonds. The van der Waals surface area contributed by atoms with Gasteiger partial charge in [-0.3, -0.25) is 4.18 Å². The van der Waals surface area contributed by atoms with Crippen molar-refractivity contribution in [2.24, 2.45) is 0 Å². The van der Waals surface area contributed by atoms with Crippen LogP contribution >= 0.6 is 12.0 Å². The molecule has 0 saturated carbocycles. The number of hydrogen-bond donors (Lipinski definition) is 0. The van der Waals surface area contributed by atoms with E-state index in [0.29, 0.717) is 5.44 Å². The third-order valence-electron chi connectivity index (χ3n) is 1.28. The first-order valence-corrected chi connectivity index (χ1v) is 4.06. The van der Waals surface area contributed by atoms with Crippen molar-refractivity contribution in [2.45, 2.75) is 38.0 Å². The van der Waals surface area contributed by atoms with Crippen LogP contribution in [0.4, 0.5) is 0 Å². The fraction of sp³-hybridized carbons (Fsp3) is 1.00. The van der Waals surface area contributed by atoms with Crippen molar-refractivity contribution >= 4 is 12.0 Å². The van der Waals surface area contributed by atoms with Gasteiger partial charge in [0.15, 0.2) is 0 Å². The lowest BCUT2D eigenvalue weighted by molar-refractivity contribution is 0.427. The third-order valence-corrected chi connectivity index (χ3v) is 1.98. The zero-order valence-electron chi connectivity index (χ0n) is 5.22. The molecule has 1 aliphatic rings. The molecular weight excluding hydrogens is 120 g/mol. The van der Waals surface area contributed by atoms with Crippen molar-refractivity contribution in [3.8, 4) is 0 Å². The summed E-state index contributed by atoms with van der Waals surface area (Å²) in [5, 5.41) is 0. The Bertz CT molecular complexity index is 61.5. The Labute approximate surface area is 55.0 Å². The minimum atomic E-state index is 0.571. The van der Waals surface area contributed by atoms with E-state index in [9.17, 15) is 0 Å². The summed E-state index contributed by atoms with van der Waals surface area (Å²) in [4.78, 5) is 0. The van der Waals surface area contributed by atoms with Crippen LogP contribution in [0.3, 0.4) is 0 Å². The molecule has 0 aromatic rings. The molecule has 0 aliphatic carbocycles. The van der Waals surface area contributed by atoms with Gasteiger partial charge in [-0.15, -0.1) is 0 Å². The molecule has 2 heteroatoms. The summed E-state index contributed by atoms with van der Waals surface area (Å²) in [5.41, 5.74) is 0.571. The second-order valence-electron chi connectivity index (χ2n) is 2.12. The summed E-state index contributed by atoms with van der Waals surface area (Å²) >= 11 is 1.62. The Balaban J connectivity index is 1.74. The Kier molecular flexibility index (Phi) is 2.70. The van der Waals surface area contributed by atoms with Gasteiger partial charge in [-0.25, -0.2) is 0 Å². The summed E-state index contributed by atoms with van der Waals surface area (Å²) in [6, 6.07) is 0. The maximum Gasteiger partial charge on any atom is 0.143 e. The Morgan fingerprint density at radius 1 is 1.50 bits per heavy atom. The lowest BCUT2D eigenvalue weighted by atomic mass is 10.2. The van der Waals surface area contributed by atoms with E-state index in [1.54, 1.807) is 12.0 Å². The predicted octanol–water partition coefficient (Wildman–Crippen LogP) is 2.57. The minimum Gasteiger partial charge on any atom is -0.296 e. The van der Waals surface area contributed by atoms with Crippen molar-refractivity contribution in [1.82, 2.24) is 0 Å². The summed E-state index contributed by atoms with van der Waals surface area (Å²) < 4.78 is 4.97. The Morgan fingerprint density at radius 3 is 2.75 bits per heavy atom. The van der Waals surface area contributed by atoms with E-state index >= 15 is 0 Å². The van der Waals surface area contributed by atoms with Gasteiger partial charge in [-0.2, -0.15) is 0 Å². The van der Waals surface area contributed by atoms with Gasteiger partial charge in [0.05, 0.1) is 0 Å². The average molecular weight is 132 g/mol. The van der Waals surface area contributed by atoms with Crippen LogP contribution in [0.15, 0.2) is 0 Å². The van der Waals surface area contributed by atoms with E-state index in [-0.39, 0.29) is 0 Å². The maximum absolute atomic E-state index is 4.97. The lowest BCUT2D eigenvalue weighted by Gasteiger charge is -1.89. The summed E-state index contributed by atoms with van der Waals surface area (Å²) in [6.07, 6.45) is 5.28. The molecule has 0 aromatic heterocycles. The van der Waals surface area contributed by atoms with Crippen LogP contribution in [-0.2, 0) is 4.18 Å². The Morgan fingerprint density at radius 2 is 2.25 bits per heavy atom. The fourth-order valence-electron chi connectivity index (χ4n) is 0.697. The number of hydrogen-bond acceptors (Lipinski definition) is 2. The highest BCUT2D eigenvalue weighted by molar-refractivity contribution is 8.00. The molecule has 1 nitrogen and oxygen atoms in total. The molecule has 0 spiro atoms. The summed E-state index contributed by atoms with van der Waals surface area (Å²) in [5.74, 6) is 0. The molecule has 1 rings (SSSR count). The molecule has 0 N–H and O–H groups in total. The van der Waals surface area contributed by atoms with Crippen LogP contribution in [0.2, 0.25) is 0 Å². The first-order chi connectivity index (χ1) is 3.93. The standard InChI is InChI=1S/C6H12OS/c1-2-3-4-5-6-7-8-6/h6H,2-5H2,1H3. The minimum absolute atomic E-state index is 0.571. The van der Waals surface area contributed by atoms with Gasteiger partial charge in [0, 0.05) is 12.0 Å². The molecule has 0 bridgehead atoms. The lowest BCUT2D eigenvalue weighted by Crippen LogP contribution is -1.80. The third kappa shape index (κ3) is 2.58. The van der Waals surface area contributed by atoms with Gasteiger partial charge in [-0.1, -0.05) is 19.8 Å². The molecule has 48 valence electrons. The second-order valence-corrected chi connectivity index (χ2v) is 3.03. The molecule has 1 heterocycles. The van der Waals surface area contributed by atoms with Crippen LogP contribution < -0.4 is 0 Å². The molecule has 1 aliphatic heterocycles. The second kappa shape index (κ2) is 3.36. The Hall–Kier alpha value is 0.310. The van der Waals surface area contributed by atoms with Crippen molar-refractivity contribution in [1.29, 1.82) is 0 Å². The van der Waals surface area contributed by atoms with Crippen LogP contribution in [0, 0.1) is 0 Å². The summed E-state index contributed by atoms with van der Waals surface area (Å²) in [6.45, 7) is 2.22. The molecule has 1 unspecified atom stereocenters. The first kappa shape index (κ1) is 6.43. The van der Waals surface area contributed by atoms with Crippen molar-refractivity contribution in [2.75, 3.05) is 0 Å². The SMILES string of the molecule is CCCCCC1OS1. The molecular formula is C6H12OS. The largest absolute Gasteiger partial charge is 0.296 e. The van der Waals surface area contributed by atoms with Gasteiger partial charge in [0.25, 0.3) is 0 Å². The van der Waals surface area contributed by atoms with Crippen LogP contribution in [-0.4, -0.2) is 5.44 Å². The van der Waals surface area contributed by atoms with Gasteiger partial charge in [0.1, 0.15) is 5.44 Å². The van der Waals surface area contributed by atoms with Crippen molar-refractivity contribution in [3.63, 3.8) is 0 Å². The fourth-order valence-corrected chi connectivity index (χ4v) is 1.13. The molecule has 0 radical (unpaired) electrons. The first-order valence-electron chi connectivity index (χ1n) is 3.25. The van der Waals surface area contributed by atoms with E-state index in [4.69, 9.17) is 4.18 Å². The quantitative estimate of drug-likeness (QED) is 0.331. The highest BCUT2D eigenvalue weighted by Crippen LogP contribution is 2.36. The number of unbranched alkanes of at least 4 members (excludes halogenated alkanes) is 2. The van der Waals surface area contributed by atoms with E-state index < -0.39 is 0 Å². The topological polar surface area (TPSA) is 12.5 Å². The molecule has 0 aromatic carbocycles. The molecule has 8 heavy (non-hydrogen) atoms. The van der Waals surface area contributed by atoms with E-state index in [2.05, 4.69) is 6.92 Å². The van der Waals surface area contributed by atoms with E-state index in [1.165, 1.54) is 25.7 Å². The normalized spacial score (nSPS) is 25.9. The molecule has 1 saturated heterocycles. The highest BCUT2D eigenvalue weighted by atomic mass is 32.2. The van der Waals surface area contributed by atoms with Crippen LogP contribution in [0.1, 0.15) is 32.6 Å². The zero-order chi connectivity index (χ0) is 5.82. The smallest absolute Gasteiger partial charge is 0.143 e. The van der Waals surface area contributed by atoms with Crippen molar-refractivity contribution in [3.05, 3.63) is 0 Å². The van der Waals surface area contributed by atoms with Crippen molar-refractivity contribution < 1.29 is 4.18 Å². The maximum atomic E-state index is 4.97.